The van der Waals surface area contributed by atoms with Crippen molar-refractivity contribution in [2.45, 2.75) is 51.0 Å². The lowest BCUT2D eigenvalue weighted by molar-refractivity contribution is 0.0154. The molecule has 0 heterocycles. The molecule has 0 bridgehead atoms. The van der Waals surface area contributed by atoms with Gasteiger partial charge in [0.2, 0.25) is 0 Å². The summed E-state index contributed by atoms with van der Waals surface area (Å²) in [5, 5.41) is 10.2. The number of aliphatic hydroxyl groups is 1. The summed E-state index contributed by atoms with van der Waals surface area (Å²) in [5.41, 5.74) is -0.489. The highest BCUT2D eigenvalue weighted by Crippen LogP contribution is 2.25. The summed E-state index contributed by atoms with van der Waals surface area (Å²) >= 11 is 0. The Hall–Kier alpha value is -0.560. The van der Waals surface area contributed by atoms with E-state index in [0.29, 0.717) is 0 Å². The van der Waals surface area contributed by atoms with Crippen molar-refractivity contribution in [1.29, 1.82) is 0 Å². The first-order valence-corrected chi connectivity index (χ1v) is 5.12. The molecule has 0 unspecified atom stereocenters. The zero-order valence-corrected chi connectivity index (χ0v) is 8.76. The Morgan fingerprint density at radius 1 is 1.08 bits per heavy atom. The lowest BCUT2D eigenvalue weighted by Gasteiger charge is -2.27. The Balaban J connectivity index is 3.97. The van der Waals surface area contributed by atoms with Gasteiger partial charge in [0.15, 0.2) is 0 Å². The van der Waals surface area contributed by atoms with Gasteiger partial charge in [-0.1, -0.05) is 25.5 Å². The first-order valence-electron chi connectivity index (χ1n) is 5.12. The van der Waals surface area contributed by atoms with Gasteiger partial charge in [-0.15, -0.1) is 13.2 Å². The second kappa shape index (κ2) is 6.90. The zero-order valence-electron chi connectivity index (χ0n) is 8.76. The van der Waals surface area contributed by atoms with E-state index in [1.807, 2.05) is 12.2 Å². The molecule has 0 fully saturated rings. The van der Waals surface area contributed by atoms with Crippen LogP contribution in [0.4, 0.5) is 0 Å². The molecule has 13 heavy (non-hydrogen) atoms. The molecule has 0 radical (unpaired) electrons. The Morgan fingerprint density at radius 2 is 1.54 bits per heavy atom. The number of hydrogen-bond acceptors (Lipinski definition) is 1. The molecule has 76 valence electrons. The molecule has 1 N–H and O–H groups in total. The van der Waals surface area contributed by atoms with Crippen LogP contribution in [0.1, 0.15) is 45.4 Å². The van der Waals surface area contributed by atoms with Crippen molar-refractivity contribution >= 4 is 0 Å². The second-order valence-electron chi connectivity index (χ2n) is 3.63. The van der Waals surface area contributed by atoms with Gasteiger partial charge in [-0.2, -0.15) is 0 Å². The first kappa shape index (κ1) is 12.4. The number of rotatable bonds is 8. The van der Waals surface area contributed by atoms with Gasteiger partial charge in [0.25, 0.3) is 0 Å². The number of hydrogen-bond donors (Lipinski definition) is 1. The van der Waals surface area contributed by atoms with Gasteiger partial charge < -0.3 is 5.11 Å². The van der Waals surface area contributed by atoms with Crippen LogP contribution in [0, 0.1) is 0 Å². The van der Waals surface area contributed by atoms with Gasteiger partial charge in [0.05, 0.1) is 5.60 Å². The molecule has 0 aromatic rings. The maximum absolute atomic E-state index is 10.2. The molecule has 0 atom stereocenters. The lowest BCUT2D eigenvalue weighted by atomic mass is 9.88. The molecular weight excluding hydrogens is 160 g/mol. The number of allylic oxidation sites excluding steroid dienone is 2. The van der Waals surface area contributed by atoms with Crippen molar-refractivity contribution in [3.8, 4) is 0 Å². The summed E-state index contributed by atoms with van der Waals surface area (Å²) < 4.78 is 0. The molecule has 0 spiro atoms. The summed E-state index contributed by atoms with van der Waals surface area (Å²) in [6, 6.07) is 0. The SMILES string of the molecule is C=CCCC(O)(CCC)CCC=C. The van der Waals surface area contributed by atoms with Gasteiger partial charge in [-0.3, -0.25) is 0 Å². The fraction of sp³-hybridized carbons (Fsp3) is 0.667. The van der Waals surface area contributed by atoms with E-state index in [-0.39, 0.29) is 0 Å². The Morgan fingerprint density at radius 3 is 1.85 bits per heavy atom. The van der Waals surface area contributed by atoms with E-state index < -0.39 is 5.60 Å². The maximum atomic E-state index is 10.2. The Kier molecular flexibility index (Phi) is 6.61. The standard InChI is InChI=1S/C12H22O/c1-4-7-10-12(13,9-6-3)11-8-5-2/h4-5,13H,1-2,6-11H2,3H3. The molecule has 0 aliphatic carbocycles. The molecular formula is C12H22O. The predicted octanol–water partition coefficient (Wildman–Crippen LogP) is 3.45. The average molecular weight is 182 g/mol. The molecule has 1 heteroatoms. The summed E-state index contributed by atoms with van der Waals surface area (Å²) in [5.74, 6) is 0. The van der Waals surface area contributed by atoms with Crippen LogP contribution in [0.3, 0.4) is 0 Å². The van der Waals surface area contributed by atoms with E-state index in [1.165, 1.54) is 0 Å². The molecule has 0 saturated carbocycles. The fourth-order valence-electron chi connectivity index (χ4n) is 1.58. The molecule has 0 rings (SSSR count). The van der Waals surface area contributed by atoms with E-state index in [0.717, 1.165) is 38.5 Å². The Bertz CT molecular complexity index is 137. The highest BCUT2D eigenvalue weighted by Gasteiger charge is 2.23. The first-order chi connectivity index (χ1) is 6.18. The summed E-state index contributed by atoms with van der Waals surface area (Å²) in [6.45, 7) is 9.45. The van der Waals surface area contributed by atoms with Crippen LogP contribution in [0.2, 0.25) is 0 Å². The van der Waals surface area contributed by atoms with Gasteiger partial charge in [-0.25, -0.2) is 0 Å². The summed E-state index contributed by atoms with van der Waals surface area (Å²) in [6.07, 6.45) is 9.11. The topological polar surface area (TPSA) is 20.2 Å². The van der Waals surface area contributed by atoms with Crippen molar-refractivity contribution in [3.63, 3.8) is 0 Å². The normalized spacial score (nSPS) is 11.2. The lowest BCUT2D eigenvalue weighted by Crippen LogP contribution is -2.27. The summed E-state index contributed by atoms with van der Waals surface area (Å²) in [4.78, 5) is 0. The third kappa shape index (κ3) is 5.64. The van der Waals surface area contributed by atoms with Crippen molar-refractivity contribution in [2.24, 2.45) is 0 Å². The third-order valence-electron chi connectivity index (χ3n) is 2.34. The zero-order chi connectivity index (χ0) is 10.2. The van der Waals surface area contributed by atoms with Crippen LogP contribution in [0.15, 0.2) is 25.3 Å². The van der Waals surface area contributed by atoms with Crippen LogP contribution < -0.4 is 0 Å². The van der Waals surface area contributed by atoms with E-state index in [4.69, 9.17) is 0 Å². The third-order valence-corrected chi connectivity index (χ3v) is 2.34. The molecule has 0 aromatic heterocycles. The minimum atomic E-state index is -0.489. The van der Waals surface area contributed by atoms with Crippen molar-refractivity contribution < 1.29 is 5.11 Å². The quantitative estimate of drug-likeness (QED) is 0.570. The summed E-state index contributed by atoms with van der Waals surface area (Å²) in [7, 11) is 0. The van der Waals surface area contributed by atoms with Crippen LogP contribution in [-0.4, -0.2) is 10.7 Å². The smallest absolute Gasteiger partial charge is 0.0653 e. The molecule has 0 aliphatic rings. The van der Waals surface area contributed by atoms with E-state index in [2.05, 4.69) is 20.1 Å². The molecule has 1 nitrogen and oxygen atoms in total. The van der Waals surface area contributed by atoms with Gasteiger partial charge in [0.1, 0.15) is 0 Å². The maximum Gasteiger partial charge on any atom is 0.0653 e. The monoisotopic (exact) mass is 182 g/mol. The molecule has 0 aromatic carbocycles. The Labute approximate surface area is 82.2 Å². The fourth-order valence-corrected chi connectivity index (χ4v) is 1.58. The molecule has 0 amide bonds. The van der Waals surface area contributed by atoms with Crippen molar-refractivity contribution in [2.75, 3.05) is 0 Å². The minimum absolute atomic E-state index is 0.489. The van der Waals surface area contributed by atoms with Gasteiger partial charge >= 0.3 is 0 Å². The van der Waals surface area contributed by atoms with Crippen LogP contribution in [0.25, 0.3) is 0 Å². The second-order valence-corrected chi connectivity index (χ2v) is 3.63. The average Bonchev–Trinajstić information content (AvgIpc) is 2.12. The molecule has 0 aliphatic heterocycles. The van der Waals surface area contributed by atoms with E-state index >= 15 is 0 Å². The van der Waals surface area contributed by atoms with Crippen molar-refractivity contribution in [1.82, 2.24) is 0 Å². The molecule has 0 saturated heterocycles. The highest BCUT2D eigenvalue weighted by molar-refractivity contribution is 4.84. The van der Waals surface area contributed by atoms with E-state index in [1.54, 1.807) is 0 Å². The minimum Gasteiger partial charge on any atom is -0.390 e. The van der Waals surface area contributed by atoms with Crippen LogP contribution in [0.5, 0.6) is 0 Å². The highest BCUT2D eigenvalue weighted by atomic mass is 16.3. The van der Waals surface area contributed by atoms with Gasteiger partial charge in [0, 0.05) is 0 Å². The van der Waals surface area contributed by atoms with Crippen LogP contribution in [-0.2, 0) is 0 Å². The van der Waals surface area contributed by atoms with Crippen LogP contribution >= 0.6 is 0 Å². The van der Waals surface area contributed by atoms with Gasteiger partial charge in [-0.05, 0) is 32.1 Å². The predicted molar refractivity (Wildman–Crippen MR) is 58.7 cm³/mol. The van der Waals surface area contributed by atoms with E-state index in [9.17, 15) is 5.11 Å². The largest absolute Gasteiger partial charge is 0.390 e. The van der Waals surface area contributed by atoms with Crippen molar-refractivity contribution in [3.05, 3.63) is 25.3 Å².